The molecule has 3 aromatic rings. The molecule has 4 N–H and O–H groups in total. The summed E-state index contributed by atoms with van der Waals surface area (Å²) in [5, 5.41) is 14.0. The van der Waals surface area contributed by atoms with Gasteiger partial charge in [-0.3, -0.25) is 10.2 Å². The van der Waals surface area contributed by atoms with E-state index in [1.54, 1.807) is 6.20 Å². The lowest BCUT2D eigenvalue weighted by molar-refractivity contribution is -0.116. The fraction of sp³-hybridized carbons (Fsp3) is 0.143. The molecule has 26 heavy (non-hydrogen) atoms. The van der Waals surface area contributed by atoms with Crippen molar-refractivity contribution in [3.63, 3.8) is 0 Å². The van der Waals surface area contributed by atoms with Crippen LogP contribution < -0.4 is 10.6 Å². The maximum absolute atomic E-state index is 11.9. The van der Waals surface area contributed by atoms with Crippen molar-refractivity contribution in [1.29, 1.82) is 5.41 Å². The van der Waals surface area contributed by atoms with Crippen LogP contribution in [0.2, 0.25) is 0 Å². The minimum Gasteiger partial charge on any atom is -0.359 e. The molecular weight excluding hydrogens is 324 g/mol. The summed E-state index contributed by atoms with van der Waals surface area (Å²) in [4.78, 5) is 14.9. The molecule has 3 rings (SSSR count). The summed E-state index contributed by atoms with van der Waals surface area (Å²) >= 11 is 0. The number of amidine groups is 1. The number of benzene rings is 2. The number of para-hydroxylation sites is 1. The van der Waals surface area contributed by atoms with E-state index in [9.17, 15) is 4.79 Å². The van der Waals surface area contributed by atoms with E-state index < -0.39 is 0 Å². The molecule has 0 spiro atoms. The van der Waals surface area contributed by atoms with E-state index in [0.717, 1.165) is 29.9 Å². The number of hydrogen-bond acceptors (Lipinski definition) is 2. The number of carbonyl (C=O) groups excluding carboxylic acids is 1. The summed E-state index contributed by atoms with van der Waals surface area (Å²) in [5.74, 6) is 0.370. The first-order chi connectivity index (χ1) is 12.7. The van der Waals surface area contributed by atoms with E-state index in [1.807, 2.05) is 66.7 Å². The number of aromatic amines is 1. The van der Waals surface area contributed by atoms with Crippen LogP contribution in [0, 0.1) is 5.41 Å². The Kier molecular flexibility index (Phi) is 5.83. The van der Waals surface area contributed by atoms with Crippen molar-refractivity contribution in [2.45, 2.75) is 19.3 Å². The van der Waals surface area contributed by atoms with Crippen molar-refractivity contribution in [3.05, 3.63) is 84.2 Å². The first-order valence-electron chi connectivity index (χ1n) is 8.64. The molecule has 5 heteroatoms. The SMILES string of the molecule is N=C(Nc1ccc(CCCC(=O)Nc2ccccc2)cc1)c1ccc[nH]1. The third-order valence-corrected chi connectivity index (χ3v) is 4.02. The molecule has 0 aliphatic rings. The average molecular weight is 346 g/mol. The van der Waals surface area contributed by atoms with Gasteiger partial charge < -0.3 is 15.6 Å². The third-order valence-electron chi connectivity index (χ3n) is 4.02. The highest BCUT2D eigenvalue weighted by Gasteiger charge is 2.04. The minimum atomic E-state index is 0.0360. The zero-order valence-electron chi connectivity index (χ0n) is 14.5. The topological polar surface area (TPSA) is 80.8 Å². The molecule has 1 heterocycles. The van der Waals surface area contributed by atoms with E-state index >= 15 is 0 Å². The van der Waals surface area contributed by atoms with E-state index in [1.165, 1.54) is 5.56 Å². The quantitative estimate of drug-likeness (QED) is 0.377. The second kappa shape index (κ2) is 8.67. The molecule has 0 saturated heterocycles. The molecule has 1 amide bonds. The van der Waals surface area contributed by atoms with Crippen LogP contribution in [-0.4, -0.2) is 16.7 Å². The Balaban J connectivity index is 1.43. The van der Waals surface area contributed by atoms with Crippen LogP contribution in [0.3, 0.4) is 0 Å². The average Bonchev–Trinajstić information content (AvgIpc) is 3.19. The maximum Gasteiger partial charge on any atom is 0.224 e. The number of nitrogens with one attached hydrogen (secondary N) is 4. The molecule has 0 fully saturated rings. The largest absolute Gasteiger partial charge is 0.359 e. The smallest absolute Gasteiger partial charge is 0.224 e. The number of aromatic nitrogens is 1. The molecule has 5 nitrogen and oxygen atoms in total. The Morgan fingerprint density at radius 2 is 1.62 bits per heavy atom. The van der Waals surface area contributed by atoms with Gasteiger partial charge in [-0.05, 0) is 54.8 Å². The van der Waals surface area contributed by atoms with Gasteiger partial charge >= 0.3 is 0 Å². The monoisotopic (exact) mass is 346 g/mol. The standard InChI is InChI=1S/C21H22N4O/c22-21(19-9-5-15-23-19)25-18-13-11-16(12-14-18)6-4-10-20(26)24-17-7-2-1-3-8-17/h1-3,5,7-9,11-15,23H,4,6,10H2,(H2,22,25)(H,24,26). The third kappa shape index (κ3) is 5.08. The Bertz CT molecular complexity index is 839. The summed E-state index contributed by atoms with van der Waals surface area (Å²) in [6, 6.07) is 21.2. The lowest BCUT2D eigenvalue weighted by atomic mass is 10.1. The molecule has 0 radical (unpaired) electrons. The highest BCUT2D eigenvalue weighted by Crippen LogP contribution is 2.13. The van der Waals surface area contributed by atoms with Crippen LogP contribution in [0.15, 0.2) is 72.9 Å². The lowest BCUT2D eigenvalue weighted by Gasteiger charge is -2.08. The minimum absolute atomic E-state index is 0.0360. The summed E-state index contributed by atoms with van der Waals surface area (Å²) < 4.78 is 0. The fourth-order valence-corrected chi connectivity index (χ4v) is 2.65. The molecule has 0 aliphatic carbocycles. The molecule has 2 aromatic carbocycles. The van der Waals surface area contributed by atoms with Crippen molar-refractivity contribution in [1.82, 2.24) is 4.98 Å². The molecule has 0 bridgehead atoms. The number of hydrogen-bond donors (Lipinski definition) is 4. The Morgan fingerprint density at radius 1 is 0.885 bits per heavy atom. The number of rotatable bonds is 7. The van der Waals surface area contributed by atoms with Crippen molar-refractivity contribution >= 4 is 23.1 Å². The van der Waals surface area contributed by atoms with Crippen molar-refractivity contribution in [3.8, 4) is 0 Å². The molecule has 1 aromatic heterocycles. The Morgan fingerprint density at radius 3 is 2.31 bits per heavy atom. The summed E-state index contributed by atoms with van der Waals surface area (Å²) in [5.41, 5.74) is 3.63. The zero-order valence-corrected chi connectivity index (χ0v) is 14.5. The first kappa shape index (κ1) is 17.5. The second-order valence-electron chi connectivity index (χ2n) is 6.05. The predicted molar refractivity (Wildman–Crippen MR) is 106 cm³/mol. The maximum atomic E-state index is 11.9. The van der Waals surface area contributed by atoms with E-state index in [4.69, 9.17) is 5.41 Å². The van der Waals surface area contributed by atoms with Crippen molar-refractivity contribution in [2.24, 2.45) is 0 Å². The van der Waals surface area contributed by atoms with Crippen LogP contribution in [0.5, 0.6) is 0 Å². The highest BCUT2D eigenvalue weighted by atomic mass is 16.1. The molecule has 0 unspecified atom stereocenters. The normalized spacial score (nSPS) is 10.3. The Hall–Kier alpha value is -3.34. The number of carbonyl (C=O) groups is 1. The number of aryl methyl sites for hydroxylation is 1. The fourth-order valence-electron chi connectivity index (χ4n) is 2.65. The van der Waals surface area contributed by atoms with Crippen LogP contribution in [-0.2, 0) is 11.2 Å². The molecule has 132 valence electrons. The van der Waals surface area contributed by atoms with Gasteiger partial charge in [-0.15, -0.1) is 0 Å². The van der Waals surface area contributed by atoms with Gasteiger partial charge in [-0.2, -0.15) is 0 Å². The van der Waals surface area contributed by atoms with Crippen LogP contribution in [0.1, 0.15) is 24.1 Å². The van der Waals surface area contributed by atoms with Gasteiger partial charge in [0.1, 0.15) is 5.84 Å². The van der Waals surface area contributed by atoms with Crippen LogP contribution >= 0.6 is 0 Å². The molecule has 0 saturated carbocycles. The predicted octanol–water partition coefficient (Wildman–Crippen LogP) is 4.41. The summed E-state index contributed by atoms with van der Waals surface area (Å²) in [7, 11) is 0. The first-order valence-corrected chi connectivity index (χ1v) is 8.64. The number of amides is 1. The van der Waals surface area contributed by atoms with Crippen molar-refractivity contribution in [2.75, 3.05) is 10.6 Å². The van der Waals surface area contributed by atoms with Gasteiger partial charge in [0.2, 0.25) is 5.91 Å². The summed E-state index contributed by atoms with van der Waals surface area (Å²) in [6.45, 7) is 0. The van der Waals surface area contributed by atoms with E-state index in [2.05, 4.69) is 15.6 Å². The second-order valence-corrected chi connectivity index (χ2v) is 6.05. The van der Waals surface area contributed by atoms with Gasteiger partial charge in [0, 0.05) is 24.0 Å². The number of anilines is 2. The molecular formula is C21H22N4O. The van der Waals surface area contributed by atoms with Gasteiger partial charge in [0.05, 0.1) is 5.69 Å². The van der Waals surface area contributed by atoms with Gasteiger partial charge in [0.15, 0.2) is 0 Å². The number of H-pyrrole nitrogens is 1. The summed E-state index contributed by atoms with van der Waals surface area (Å²) in [6.07, 6.45) is 3.93. The Labute approximate surface area is 153 Å². The van der Waals surface area contributed by atoms with Crippen molar-refractivity contribution < 1.29 is 4.79 Å². The van der Waals surface area contributed by atoms with E-state index in [-0.39, 0.29) is 5.91 Å². The van der Waals surface area contributed by atoms with Crippen LogP contribution in [0.4, 0.5) is 11.4 Å². The molecule has 0 aliphatic heterocycles. The van der Waals surface area contributed by atoms with Gasteiger partial charge in [0.25, 0.3) is 0 Å². The highest BCUT2D eigenvalue weighted by molar-refractivity contribution is 6.04. The lowest BCUT2D eigenvalue weighted by Crippen LogP contribution is -2.12. The molecule has 0 atom stereocenters. The van der Waals surface area contributed by atoms with Crippen LogP contribution in [0.25, 0.3) is 0 Å². The zero-order chi connectivity index (χ0) is 18.2. The van der Waals surface area contributed by atoms with Gasteiger partial charge in [-0.25, -0.2) is 0 Å². The van der Waals surface area contributed by atoms with Gasteiger partial charge in [-0.1, -0.05) is 30.3 Å². The van der Waals surface area contributed by atoms with E-state index in [0.29, 0.717) is 12.3 Å².